The van der Waals surface area contributed by atoms with Crippen molar-refractivity contribution in [3.8, 4) is 0 Å². The van der Waals surface area contributed by atoms with Crippen molar-refractivity contribution in [2.75, 3.05) is 19.6 Å². The van der Waals surface area contributed by atoms with Crippen molar-refractivity contribution in [3.05, 3.63) is 20.3 Å². The van der Waals surface area contributed by atoms with E-state index < -0.39 is 0 Å². The Hall–Kier alpha value is -0.620. The van der Waals surface area contributed by atoms with E-state index in [0.717, 1.165) is 13.1 Å². The van der Waals surface area contributed by atoms with E-state index in [1.54, 1.807) is 6.07 Å². The Balaban J connectivity index is 1.90. The van der Waals surface area contributed by atoms with Gasteiger partial charge in [-0.2, -0.15) is 0 Å². The van der Waals surface area contributed by atoms with Crippen LogP contribution in [0, 0.1) is 0 Å². The molecule has 0 spiro atoms. The number of hydrogen-bond donors (Lipinski definition) is 1. The zero-order valence-corrected chi connectivity index (χ0v) is 13.4. The number of ketones is 1. The second-order valence-corrected chi connectivity index (χ2v) is 7.09. The van der Waals surface area contributed by atoms with Gasteiger partial charge in [-0.15, -0.1) is 11.3 Å². The summed E-state index contributed by atoms with van der Waals surface area (Å²) in [7, 11) is 0. The van der Waals surface area contributed by atoms with Crippen LogP contribution in [0.1, 0.15) is 30.1 Å². The standard InChI is InChI=1S/C13H16Cl2N2O2S/c1-8-7-16-4-5-17(8)12(19)3-2-10(18)9-6-11(14)20-13(9)15/h6,8,16H,2-5,7H2,1H3/t8-/m0/s1. The molecule has 1 N–H and O–H groups in total. The van der Waals surface area contributed by atoms with E-state index in [4.69, 9.17) is 23.2 Å². The lowest BCUT2D eigenvalue weighted by Crippen LogP contribution is -2.52. The van der Waals surface area contributed by atoms with E-state index in [1.165, 1.54) is 11.3 Å². The summed E-state index contributed by atoms with van der Waals surface area (Å²) >= 11 is 12.9. The van der Waals surface area contributed by atoms with Crippen molar-refractivity contribution in [2.45, 2.75) is 25.8 Å². The van der Waals surface area contributed by atoms with Gasteiger partial charge in [0.25, 0.3) is 0 Å². The number of piperazine rings is 1. The zero-order valence-electron chi connectivity index (χ0n) is 11.1. The van der Waals surface area contributed by atoms with Gasteiger partial charge in [-0.05, 0) is 13.0 Å². The maximum Gasteiger partial charge on any atom is 0.223 e. The average molecular weight is 335 g/mol. The molecule has 1 aromatic heterocycles. The summed E-state index contributed by atoms with van der Waals surface area (Å²) in [6.07, 6.45) is 0.384. The molecule has 20 heavy (non-hydrogen) atoms. The van der Waals surface area contributed by atoms with E-state index in [0.29, 0.717) is 20.8 Å². The van der Waals surface area contributed by atoms with Gasteiger partial charge >= 0.3 is 0 Å². The lowest BCUT2D eigenvalue weighted by molar-refractivity contribution is -0.133. The summed E-state index contributed by atoms with van der Waals surface area (Å²) in [6.45, 7) is 4.29. The van der Waals surface area contributed by atoms with Crippen molar-refractivity contribution >= 4 is 46.2 Å². The summed E-state index contributed by atoms with van der Waals surface area (Å²) in [4.78, 5) is 26.0. The Labute approximate surface area is 132 Å². The molecule has 1 fully saturated rings. The molecule has 1 atom stereocenters. The molecule has 0 aliphatic carbocycles. The van der Waals surface area contributed by atoms with Gasteiger partial charge in [0, 0.05) is 44.1 Å². The minimum Gasteiger partial charge on any atom is -0.337 e. The molecular weight excluding hydrogens is 319 g/mol. The third kappa shape index (κ3) is 3.73. The molecule has 4 nitrogen and oxygen atoms in total. The number of halogens is 2. The number of carbonyl (C=O) groups is 2. The number of nitrogens with one attached hydrogen (secondary N) is 1. The highest BCUT2D eigenvalue weighted by Gasteiger charge is 2.24. The molecule has 1 aliphatic heterocycles. The van der Waals surface area contributed by atoms with E-state index in [2.05, 4.69) is 5.32 Å². The van der Waals surface area contributed by atoms with E-state index in [-0.39, 0.29) is 30.6 Å². The highest BCUT2D eigenvalue weighted by atomic mass is 35.5. The molecule has 0 radical (unpaired) electrons. The van der Waals surface area contributed by atoms with Crippen LogP contribution in [-0.4, -0.2) is 42.3 Å². The fourth-order valence-electron chi connectivity index (χ4n) is 2.24. The predicted molar refractivity (Wildman–Crippen MR) is 81.9 cm³/mol. The Morgan fingerprint density at radius 1 is 1.45 bits per heavy atom. The second-order valence-electron chi connectivity index (χ2n) is 4.80. The molecule has 0 aromatic carbocycles. The Bertz CT molecular complexity index is 518. The third-order valence-corrected chi connectivity index (χ3v) is 4.83. The molecule has 2 heterocycles. The van der Waals surface area contributed by atoms with Crippen LogP contribution in [0.5, 0.6) is 0 Å². The maximum absolute atomic E-state index is 12.1. The quantitative estimate of drug-likeness (QED) is 0.861. The van der Waals surface area contributed by atoms with Crippen LogP contribution in [0.4, 0.5) is 0 Å². The minimum atomic E-state index is -0.130. The smallest absolute Gasteiger partial charge is 0.223 e. The van der Waals surface area contributed by atoms with E-state index >= 15 is 0 Å². The van der Waals surface area contributed by atoms with E-state index in [9.17, 15) is 9.59 Å². The fourth-order valence-corrected chi connectivity index (χ4v) is 3.74. The van der Waals surface area contributed by atoms with Gasteiger partial charge < -0.3 is 10.2 Å². The first-order valence-corrected chi connectivity index (χ1v) is 8.04. The zero-order chi connectivity index (χ0) is 14.7. The number of amides is 1. The molecular formula is C13H16Cl2N2O2S. The highest BCUT2D eigenvalue weighted by Crippen LogP contribution is 2.32. The Kier molecular flexibility index (Phi) is 5.43. The number of rotatable bonds is 4. The van der Waals surface area contributed by atoms with Crippen LogP contribution in [0.25, 0.3) is 0 Å². The number of thiophene rings is 1. The number of hydrogen-bond acceptors (Lipinski definition) is 4. The van der Waals surface area contributed by atoms with Crippen molar-refractivity contribution in [1.82, 2.24) is 10.2 Å². The molecule has 1 amide bonds. The predicted octanol–water partition coefficient (Wildman–Crippen LogP) is 2.84. The SMILES string of the molecule is C[C@H]1CNCCN1C(=O)CCC(=O)c1cc(Cl)sc1Cl. The number of Topliss-reactive ketones (excluding diaryl/α,β-unsaturated/α-hetero) is 1. The first kappa shape index (κ1) is 15.8. The third-order valence-electron chi connectivity index (χ3n) is 3.34. The molecule has 0 saturated carbocycles. The molecule has 1 aliphatic rings. The first-order chi connectivity index (χ1) is 9.49. The molecule has 0 bridgehead atoms. The summed E-state index contributed by atoms with van der Waals surface area (Å²) in [5, 5.41) is 3.23. The Morgan fingerprint density at radius 3 is 2.80 bits per heavy atom. The van der Waals surface area contributed by atoms with Gasteiger partial charge in [0.15, 0.2) is 5.78 Å². The summed E-state index contributed by atoms with van der Waals surface area (Å²) in [6, 6.07) is 1.74. The lowest BCUT2D eigenvalue weighted by atomic mass is 10.1. The molecule has 7 heteroatoms. The normalized spacial score (nSPS) is 19.1. The van der Waals surface area contributed by atoms with Crippen LogP contribution >= 0.6 is 34.5 Å². The fraction of sp³-hybridized carbons (Fsp3) is 0.538. The molecule has 110 valence electrons. The maximum atomic E-state index is 12.1. The largest absolute Gasteiger partial charge is 0.337 e. The molecule has 0 unspecified atom stereocenters. The number of carbonyl (C=O) groups excluding carboxylic acids is 2. The summed E-state index contributed by atoms with van der Waals surface area (Å²) in [5.74, 6) is -0.112. The van der Waals surface area contributed by atoms with Crippen LogP contribution in [0.2, 0.25) is 8.67 Å². The van der Waals surface area contributed by atoms with Crippen LogP contribution in [0.15, 0.2) is 6.07 Å². The van der Waals surface area contributed by atoms with Gasteiger partial charge in [0.2, 0.25) is 5.91 Å². The van der Waals surface area contributed by atoms with Crippen molar-refractivity contribution in [3.63, 3.8) is 0 Å². The van der Waals surface area contributed by atoms with Crippen LogP contribution < -0.4 is 5.32 Å². The van der Waals surface area contributed by atoms with Gasteiger partial charge in [-0.3, -0.25) is 9.59 Å². The molecule has 1 saturated heterocycles. The highest BCUT2D eigenvalue weighted by molar-refractivity contribution is 7.20. The summed E-state index contributed by atoms with van der Waals surface area (Å²) in [5.41, 5.74) is 0.419. The average Bonchev–Trinajstić information content (AvgIpc) is 2.75. The molecule has 2 rings (SSSR count). The first-order valence-electron chi connectivity index (χ1n) is 6.47. The van der Waals surface area contributed by atoms with Crippen molar-refractivity contribution in [2.24, 2.45) is 0 Å². The van der Waals surface area contributed by atoms with Crippen molar-refractivity contribution < 1.29 is 9.59 Å². The van der Waals surface area contributed by atoms with Crippen LogP contribution in [0.3, 0.4) is 0 Å². The second kappa shape index (κ2) is 6.89. The minimum absolute atomic E-state index is 0.0183. The number of nitrogens with zero attached hydrogens (tertiary/aromatic N) is 1. The lowest BCUT2D eigenvalue weighted by Gasteiger charge is -2.34. The topological polar surface area (TPSA) is 49.4 Å². The Morgan fingerprint density at radius 2 is 2.20 bits per heavy atom. The van der Waals surface area contributed by atoms with Gasteiger partial charge in [0.05, 0.1) is 4.34 Å². The van der Waals surface area contributed by atoms with Crippen molar-refractivity contribution in [1.29, 1.82) is 0 Å². The van der Waals surface area contributed by atoms with Gasteiger partial charge in [-0.25, -0.2) is 0 Å². The van der Waals surface area contributed by atoms with E-state index in [1.807, 2.05) is 11.8 Å². The molecule has 1 aromatic rings. The van der Waals surface area contributed by atoms with Gasteiger partial charge in [0.1, 0.15) is 4.34 Å². The van der Waals surface area contributed by atoms with Gasteiger partial charge in [-0.1, -0.05) is 23.2 Å². The monoisotopic (exact) mass is 334 g/mol. The summed E-state index contributed by atoms with van der Waals surface area (Å²) < 4.78 is 0.878. The van der Waals surface area contributed by atoms with Crippen LogP contribution in [-0.2, 0) is 4.79 Å².